The summed E-state index contributed by atoms with van der Waals surface area (Å²) in [5.41, 5.74) is 3.56. The summed E-state index contributed by atoms with van der Waals surface area (Å²) in [5, 5.41) is 9.93. The standard InChI is InChI=1S/C19H19NO3/c1-20-11-17(14-6-3-7-15(14)19(20)22)16-10-12(21)8-9-18(16)23-13-4-2-5-13/h3,6,8-11,13,21H,2,4-5,7H2,1H3. The summed E-state index contributed by atoms with van der Waals surface area (Å²) in [6.45, 7) is 0. The Balaban J connectivity index is 1.89. The zero-order chi connectivity index (χ0) is 16.0. The molecule has 0 bridgehead atoms. The largest absolute Gasteiger partial charge is 0.508 e. The maximum absolute atomic E-state index is 12.3. The monoisotopic (exact) mass is 309 g/mol. The summed E-state index contributed by atoms with van der Waals surface area (Å²) in [4.78, 5) is 12.3. The minimum atomic E-state index is 0.0374. The van der Waals surface area contributed by atoms with Crippen LogP contribution in [0.1, 0.15) is 30.4 Å². The molecule has 1 heterocycles. The first-order chi connectivity index (χ1) is 11.1. The van der Waals surface area contributed by atoms with Gasteiger partial charge in [0.15, 0.2) is 0 Å². The number of fused-ring (bicyclic) bond motifs is 1. The molecule has 4 nitrogen and oxygen atoms in total. The van der Waals surface area contributed by atoms with E-state index in [1.807, 2.05) is 24.4 Å². The number of rotatable bonds is 3. The average Bonchev–Trinajstić information content (AvgIpc) is 2.97. The van der Waals surface area contributed by atoms with E-state index in [4.69, 9.17) is 4.74 Å². The van der Waals surface area contributed by atoms with Gasteiger partial charge in [0.2, 0.25) is 0 Å². The number of phenols is 1. The molecule has 4 rings (SSSR count). The van der Waals surface area contributed by atoms with Gasteiger partial charge in [-0.1, -0.05) is 12.2 Å². The van der Waals surface area contributed by atoms with E-state index in [-0.39, 0.29) is 17.4 Å². The number of nitrogens with zero attached hydrogens (tertiary/aromatic N) is 1. The van der Waals surface area contributed by atoms with E-state index < -0.39 is 0 Å². The zero-order valence-electron chi connectivity index (χ0n) is 13.1. The van der Waals surface area contributed by atoms with Crippen molar-refractivity contribution in [3.63, 3.8) is 0 Å². The van der Waals surface area contributed by atoms with E-state index >= 15 is 0 Å². The number of aryl methyl sites for hydroxylation is 1. The Morgan fingerprint density at radius 3 is 2.83 bits per heavy atom. The van der Waals surface area contributed by atoms with Gasteiger partial charge in [0.1, 0.15) is 11.5 Å². The molecule has 2 aliphatic carbocycles. The van der Waals surface area contributed by atoms with Gasteiger partial charge in [0, 0.05) is 29.9 Å². The molecule has 0 spiro atoms. The first kappa shape index (κ1) is 14.1. The second-order valence-electron chi connectivity index (χ2n) is 6.31. The molecule has 1 fully saturated rings. The highest BCUT2D eigenvalue weighted by molar-refractivity contribution is 5.82. The molecule has 0 atom stereocenters. The van der Waals surface area contributed by atoms with E-state index in [0.29, 0.717) is 6.42 Å². The quantitative estimate of drug-likeness (QED) is 0.947. The Bertz CT molecular complexity index is 860. The lowest BCUT2D eigenvalue weighted by molar-refractivity contribution is 0.121. The van der Waals surface area contributed by atoms with E-state index in [0.717, 1.165) is 40.8 Å². The lowest BCUT2D eigenvalue weighted by atomic mass is 9.95. The van der Waals surface area contributed by atoms with Crippen LogP contribution >= 0.6 is 0 Å². The van der Waals surface area contributed by atoms with Gasteiger partial charge in [-0.25, -0.2) is 0 Å². The van der Waals surface area contributed by atoms with Gasteiger partial charge in [0.05, 0.1) is 6.10 Å². The Kier molecular flexibility index (Phi) is 3.26. The summed E-state index contributed by atoms with van der Waals surface area (Å²) >= 11 is 0. The van der Waals surface area contributed by atoms with Crippen LogP contribution in [-0.4, -0.2) is 15.8 Å². The van der Waals surface area contributed by atoms with Crippen molar-refractivity contribution in [2.24, 2.45) is 7.05 Å². The van der Waals surface area contributed by atoms with Gasteiger partial charge in [-0.15, -0.1) is 0 Å². The molecule has 1 N–H and O–H groups in total. The van der Waals surface area contributed by atoms with Gasteiger partial charge >= 0.3 is 0 Å². The highest BCUT2D eigenvalue weighted by Gasteiger charge is 2.23. The van der Waals surface area contributed by atoms with Crippen LogP contribution in [0.5, 0.6) is 11.5 Å². The molecule has 0 aliphatic heterocycles. The summed E-state index contributed by atoms with van der Waals surface area (Å²) in [6, 6.07) is 5.19. The molecule has 4 heteroatoms. The second kappa shape index (κ2) is 5.30. The number of aromatic nitrogens is 1. The van der Waals surface area contributed by atoms with Crippen molar-refractivity contribution in [2.75, 3.05) is 0 Å². The molecule has 23 heavy (non-hydrogen) atoms. The minimum Gasteiger partial charge on any atom is -0.508 e. The van der Waals surface area contributed by atoms with E-state index in [2.05, 4.69) is 0 Å². The molecular weight excluding hydrogens is 290 g/mol. The van der Waals surface area contributed by atoms with Crippen LogP contribution in [0.4, 0.5) is 0 Å². The minimum absolute atomic E-state index is 0.0374. The molecule has 1 aromatic carbocycles. The van der Waals surface area contributed by atoms with Crippen molar-refractivity contribution in [1.29, 1.82) is 0 Å². The van der Waals surface area contributed by atoms with E-state index in [1.54, 1.807) is 23.7 Å². The maximum atomic E-state index is 12.3. The van der Waals surface area contributed by atoms with Crippen molar-refractivity contribution >= 4 is 6.08 Å². The van der Waals surface area contributed by atoms with Crippen LogP contribution in [0.25, 0.3) is 17.2 Å². The molecule has 0 unspecified atom stereocenters. The molecule has 2 aliphatic rings. The lowest BCUT2D eigenvalue weighted by Crippen LogP contribution is -2.25. The molecule has 0 saturated heterocycles. The third-order valence-electron chi connectivity index (χ3n) is 4.72. The first-order valence-electron chi connectivity index (χ1n) is 8.02. The van der Waals surface area contributed by atoms with Crippen molar-refractivity contribution < 1.29 is 9.84 Å². The van der Waals surface area contributed by atoms with Gasteiger partial charge in [-0.05, 0) is 49.4 Å². The Morgan fingerprint density at radius 1 is 1.26 bits per heavy atom. The highest BCUT2D eigenvalue weighted by atomic mass is 16.5. The molecule has 1 saturated carbocycles. The number of ether oxygens (including phenoxy) is 1. The summed E-state index contributed by atoms with van der Waals surface area (Å²) < 4.78 is 7.71. The van der Waals surface area contributed by atoms with E-state index in [1.165, 1.54) is 6.42 Å². The van der Waals surface area contributed by atoms with Crippen LogP contribution < -0.4 is 10.3 Å². The molecule has 2 aromatic rings. The second-order valence-corrected chi connectivity index (χ2v) is 6.31. The SMILES string of the molecule is Cn1cc(-c2cc(O)ccc2OC2CCC2)c2c(c1=O)CC=C2. The maximum Gasteiger partial charge on any atom is 0.254 e. The lowest BCUT2D eigenvalue weighted by Gasteiger charge is -2.28. The Labute approximate surface area is 134 Å². The smallest absolute Gasteiger partial charge is 0.254 e. The van der Waals surface area contributed by atoms with Gasteiger partial charge < -0.3 is 14.4 Å². The third-order valence-corrected chi connectivity index (χ3v) is 4.72. The molecule has 0 amide bonds. The first-order valence-corrected chi connectivity index (χ1v) is 8.02. The third kappa shape index (κ3) is 2.34. The predicted molar refractivity (Wildman–Crippen MR) is 89.8 cm³/mol. The Morgan fingerprint density at radius 2 is 2.09 bits per heavy atom. The number of pyridine rings is 1. The topological polar surface area (TPSA) is 51.5 Å². The van der Waals surface area contributed by atoms with Crippen LogP contribution in [0.15, 0.2) is 35.3 Å². The number of phenolic OH excluding ortho intramolecular Hbond substituents is 1. The van der Waals surface area contributed by atoms with Crippen LogP contribution in [0.2, 0.25) is 0 Å². The van der Waals surface area contributed by atoms with Crippen molar-refractivity contribution in [3.8, 4) is 22.6 Å². The summed E-state index contributed by atoms with van der Waals surface area (Å²) in [7, 11) is 1.76. The molecule has 118 valence electrons. The van der Waals surface area contributed by atoms with Gasteiger partial charge in [-0.3, -0.25) is 4.79 Å². The number of hydrogen-bond acceptors (Lipinski definition) is 3. The average molecular weight is 309 g/mol. The van der Waals surface area contributed by atoms with Crippen LogP contribution in [-0.2, 0) is 13.5 Å². The Hall–Kier alpha value is -2.49. The van der Waals surface area contributed by atoms with Crippen molar-refractivity contribution in [2.45, 2.75) is 31.8 Å². The fourth-order valence-corrected chi connectivity index (χ4v) is 3.21. The van der Waals surface area contributed by atoms with Crippen LogP contribution in [0.3, 0.4) is 0 Å². The fourth-order valence-electron chi connectivity index (χ4n) is 3.21. The van der Waals surface area contributed by atoms with Crippen LogP contribution in [0, 0.1) is 0 Å². The summed E-state index contributed by atoms with van der Waals surface area (Å²) in [5.74, 6) is 0.971. The number of allylic oxidation sites excluding steroid dienone is 1. The molecule has 1 aromatic heterocycles. The highest BCUT2D eigenvalue weighted by Crippen LogP contribution is 2.39. The number of benzene rings is 1. The molecule has 0 radical (unpaired) electrons. The zero-order valence-corrected chi connectivity index (χ0v) is 13.1. The number of aromatic hydroxyl groups is 1. The van der Waals surface area contributed by atoms with Crippen molar-refractivity contribution in [3.05, 3.63) is 52.0 Å². The van der Waals surface area contributed by atoms with E-state index in [9.17, 15) is 9.90 Å². The summed E-state index contributed by atoms with van der Waals surface area (Å²) in [6.07, 6.45) is 10.1. The van der Waals surface area contributed by atoms with Crippen molar-refractivity contribution in [1.82, 2.24) is 4.57 Å². The normalized spacial score (nSPS) is 16.2. The number of hydrogen-bond donors (Lipinski definition) is 1. The van der Waals surface area contributed by atoms with Gasteiger partial charge in [-0.2, -0.15) is 0 Å². The predicted octanol–water partition coefficient (Wildman–Crippen LogP) is 3.26. The molecular formula is C19H19NO3. The van der Waals surface area contributed by atoms with Gasteiger partial charge in [0.25, 0.3) is 5.56 Å². The fraction of sp³-hybridized carbons (Fsp3) is 0.316.